The molecule has 180 valence electrons. The first-order valence-corrected chi connectivity index (χ1v) is 12.3. The normalized spacial score (nSPS) is 12.4. The van der Waals surface area contributed by atoms with E-state index < -0.39 is 0 Å². The minimum absolute atomic E-state index is 0.110. The van der Waals surface area contributed by atoms with Crippen LogP contribution in [0.1, 0.15) is 97.3 Å². The maximum absolute atomic E-state index is 11.1. The second-order valence-corrected chi connectivity index (χ2v) is 8.84. The van der Waals surface area contributed by atoms with E-state index in [1.165, 1.54) is 45.6 Å². The molecule has 0 bridgehead atoms. The Hall–Kier alpha value is -0.650. The summed E-state index contributed by atoms with van der Waals surface area (Å²) in [6, 6.07) is 0. The zero-order valence-electron chi connectivity index (χ0n) is 20.4. The number of hydrogen-bond donors (Lipinski definition) is 0. The van der Waals surface area contributed by atoms with Gasteiger partial charge in [-0.05, 0) is 38.0 Å². The number of esters is 1. The second-order valence-electron chi connectivity index (χ2n) is 8.84. The average molecular weight is 431 g/mol. The lowest BCUT2D eigenvalue weighted by Gasteiger charge is -2.18. The molecule has 0 rings (SSSR count). The Balaban J connectivity index is 3.77. The molecule has 0 saturated carbocycles. The van der Waals surface area contributed by atoms with Gasteiger partial charge >= 0.3 is 5.97 Å². The third-order valence-corrected chi connectivity index (χ3v) is 5.39. The van der Waals surface area contributed by atoms with Crippen molar-refractivity contribution in [2.24, 2.45) is 11.8 Å². The van der Waals surface area contributed by atoms with Crippen LogP contribution in [0.15, 0.2) is 0 Å². The zero-order valence-corrected chi connectivity index (χ0v) is 20.4. The van der Waals surface area contributed by atoms with Crippen molar-refractivity contribution < 1.29 is 23.7 Å². The first-order valence-electron chi connectivity index (χ1n) is 12.3. The summed E-state index contributed by atoms with van der Waals surface area (Å²) < 4.78 is 21.7. The van der Waals surface area contributed by atoms with Crippen molar-refractivity contribution in [2.45, 2.75) is 97.3 Å². The number of unbranched alkanes of at least 4 members (excludes halogenated alkanes) is 7. The molecular formula is C25H50O5. The SMILES string of the molecule is COCCCCCCCOCC(CCCC(C)C)COCCCCCCC(=O)OC. The molecule has 0 saturated heterocycles. The molecule has 0 aliphatic heterocycles. The average Bonchev–Trinajstić information content (AvgIpc) is 2.73. The van der Waals surface area contributed by atoms with Gasteiger partial charge in [0.15, 0.2) is 0 Å². The van der Waals surface area contributed by atoms with E-state index in [1.807, 2.05) is 0 Å². The second kappa shape index (κ2) is 23.0. The minimum Gasteiger partial charge on any atom is -0.469 e. The topological polar surface area (TPSA) is 54.0 Å². The quantitative estimate of drug-likeness (QED) is 0.143. The number of hydrogen-bond acceptors (Lipinski definition) is 5. The van der Waals surface area contributed by atoms with E-state index in [2.05, 4.69) is 18.6 Å². The lowest BCUT2D eigenvalue weighted by molar-refractivity contribution is -0.140. The smallest absolute Gasteiger partial charge is 0.305 e. The van der Waals surface area contributed by atoms with Crippen LogP contribution in [0.5, 0.6) is 0 Å². The number of carbonyl (C=O) groups is 1. The lowest BCUT2D eigenvalue weighted by atomic mass is 9.99. The first-order chi connectivity index (χ1) is 14.6. The van der Waals surface area contributed by atoms with E-state index in [4.69, 9.17) is 14.2 Å². The van der Waals surface area contributed by atoms with Gasteiger partial charge < -0.3 is 18.9 Å². The molecule has 30 heavy (non-hydrogen) atoms. The first kappa shape index (κ1) is 29.4. The molecule has 0 spiro atoms. The molecule has 0 fully saturated rings. The molecule has 0 N–H and O–H groups in total. The fourth-order valence-corrected chi connectivity index (χ4v) is 3.44. The van der Waals surface area contributed by atoms with Gasteiger partial charge in [-0.2, -0.15) is 0 Å². The molecule has 1 unspecified atom stereocenters. The molecule has 5 nitrogen and oxygen atoms in total. The molecule has 0 aromatic carbocycles. The lowest BCUT2D eigenvalue weighted by Crippen LogP contribution is -2.17. The van der Waals surface area contributed by atoms with Crippen LogP contribution in [0.3, 0.4) is 0 Å². The standard InChI is InChI=1S/C25H50O5/c1-23(2)15-14-16-24(21-29-19-12-8-5-7-11-18-27-3)22-30-20-13-9-6-10-17-25(26)28-4/h23-24H,5-22H2,1-4H3. The van der Waals surface area contributed by atoms with Crippen LogP contribution in [0.2, 0.25) is 0 Å². The largest absolute Gasteiger partial charge is 0.469 e. The molecule has 0 heterocycles. The van der Waals surface area contributed by atoms with Crippen LogP contribution in [-0.4, -0.2) is 53.2 Å². The summed E-state index contributed by atoms with van der Waals surface area (Å²) in [6.45, 7) is 8.75. The van der Waals surface area contributed by atoms with Gasteiger partial charge in [-0.15, -0.1) is 0 Å². The summed E-state index contributed by atoms with van der Waals surface area (Å²) in [5.74, 6) is 1.15. The van der Waals surface area contributed by atoms with Crippen LogP contribution in [0.4, 0.5) is 0 Å². The zero-order chi connectivity index (χ0) is 22.3. The molecular weight excluding hydrogens is 380 g/mol. The van der Waals surface area contributed by atoms with E-state index in [-0.39, 0.29) is 5.97 Å². The van der Waals surface area contributed by atoms with Gasteiger partial charge in [-0.1, -0.05) is 58.8 Å². The number of rotatable bonds is 23. The Morgan fingerprint density at radius 1 is 0.667 bits per heavy atom. The minimum atomic E-state index is -0.110. The maximum Gasteiger partial charge on any atom is 0.305 e. The van der Waals surface area contributed by atoms with Gasteiger partial charge in [0.1, 0.15) is 0 Å². The Labute approximate surface area is 186 Å². The van der Waals surface area contributed by atoms with E-state index in [1.54, 1.807) is 7.11 Å². The third kappa shape index (κ3) is 22.0. The molecule has 0 aromatic heterocycles. The van der Waals surface area contributed by atoms with Crippen molar-refractivity contribution in [1.29, 1.82) is 0 Å². The van der Waals surface area contributed by atoms with Crippen molar-refractivity contribution in [2.75, 3.05) is 47.3 Å². The third-order valence-electron chi connectivity index (χ3n) is 5.39. The Morgan fingerprint density at radius 2 is 1.20 bits per heavy atom. The Kier molecular flexibility index (Phi) is 22.5. The van der Waals surface area contributed by atoms with E-state index in [9.17, 15) is 4.79 Å². The molecule has 0 radical (unpaired) electrons. The van der Waals surface area contributed by atoms with Crippen molar-refractivity contribution >= 4 is 5.97 Å². The number of ether oxygens (including phenoxy) is 4. The Morgan fingerprint density at radius 3 is 1.73 bits per heavy atom. The summed E-state index contributed by atoms with van der Waals surface area (Å²) in [7, 11) is 3.21. The molecule has 0 aliphatic rings. The van der Waals surface area contributed by atoms with Crippen LogP contribution < -0.4 is 0 Å². The predicted octanol–water partition coefficient (Wildman–Crippen LogP) is 6.18. The molecule has 0 amide bonds. The van der Waals surface area contributed by atoms with E-state index in [0.29, 0.717) is 12.3 Å². The summed E-state index contributed by atoms with van der Waals surface area (Å²) in [5.41, 5.74) is 0. The Bertz CT molecular complexity index is 359. The summed E-state index contributed by atoms with van der Waals surface area (Å²) >= 11 is 0. The number of carbonyl (C=O) groups excluding carboxylic acids is 1. The highest BCUT2D eigenvalue weighted by atomic mass is 16.5. The van der Waals surface area contributed by atoms with Gasteiger partial charge in [0.25, 0.3) is 0 Å². The predicted molar refractivity (Wildman–Crippen MR) is 124 cm³/mol. The highest BCUT2D eigenvalue weighted by Crippen LogP contribution is 2.15. The van der Waals surface area contributed by atoms with Crippen molar-refractivity contribution in [3.8, 4) is 0 Å². The van der Waals surface area contributed by atoms with Gasteiger partial charge in [0.2, 0.25) is 0 Å². The van der Waals surface area contributed by atoms with Crippen molar-refractivity contribution in [3.05, 3.63) is 0 Å². The van der Waals surface area contributed by atoms with Crippen molar-refractivity contribution in [1.82, 2.24) is 0 Å². The van der Waals surface area contributed by atoms with Gasteiger partial charge in [-0.3, -0.25) is 4.79 Å². The van der Waals surface area contributed by atoms with Crippen LogP contribution >= 0.6 is 0 Å². The highest BCUT2D eigenvalue weighted by molar-refractivity contribution is 5.68. The van der Waals surface area contributed by atoms with Gasteiger partial charge in [-0.25, -0.2) is 0 Å². The molecule has 1 atom stereocenters. The highest BCUT2D eigenvalue weighted by Gasteiger charge is 2.10. The van der Waals surface area contributed by atoms with E-state index >= 15 is 0 Å². The van der Waals surface area contributed by atoms with Crippen LogP contribution in [-0.2, 0) is 23.7 Å². The maximum atomic E-state index is 11.1. The fraction of sp³-hybridized carbons (Fsp3) is 0.960. The molecule has 0 aromatic rings. The van der Waals surface area contributed by atoms with Crippen molar-refractivity contribution in [3.63, 3.8) is 0 Å². The molecule has 5 heteroatoms. The van der Waals surface area contributed by atoms with E-state index in [0.717, 1.165) is 77.5 Å². The van der Waals surface area contributed by atoms with Crippen LogP contribution in [0, 0.1) is 11.8 Å². The van der Waals surface area contributed by atoms with Gasteiger partial charge in [0, 0.05) is 39.3 Å². The number of methoxy groups -OCH3 is 2. The summed E-state index contributed by atoms with van der Waals surface area (Å²) in [6.07, 6.45) is 14.5. The fourth-order valence-electron chi connectivity index (χ4n) is 3.44. The van der Waals surface area contributed by atoms with Gasteiger partial charge in [0.05, 0.1) is 20.3 Å². The molecule has 0 aliphatic carbocycles. The van der Waals surface area contributed by atoms with Crippen LogP contribution in [0.25, 0.3) is 0 Å². The summed E-state index contributed by atoms with van der Waals surface area (Å²) in [4.78, 5) is 11.1. The monoisotopic (exact) mass is 430 g/mol. The summed E-state index contributed by atoms with van der Waals surface area (Å²) in [5, 5.41) is 0.